The molecule has 0 spiro atoms. The number of carbonyl (C=O) groups excluding carboxylic acids is 6. The third kappa shape index (κ3) is 99.6. The Hall–Kier alpha value is -5.46. The first-order valence-electron chi connectivity index (χ1n) is 25.3. The topological polar surface area (TPSA) is 576 Å². The second-order valence-corrected chi connectivity index (χ2v) is 15.3. The molecule has 0 atom stereocenters. The van der Waals surface area contributed by atoms with Crippen molar-refractivity contribution in [2.75, 3.05) is 42.7 Å². The van der Waals surface area contributed by atoms with Gasteiger partial charge in [0, 0.05) is 66.8 Å². The van der Waals surface area contributed by atoms with E-state index < -0.39 is 34.8 Å². The van der Waals surface area contributed by atoms with Gasteiger partial charge < -0.3 is 91.9 Å². The van der Waals surface area contributed by atoms with E-state index >= 15 is 0 Å². The molecule has 0 saturated heterocycles. The van der Waals surface area contributed by atoms with Gasteiger partial charge in [-0.2, -0.15) is 20.4 Å². The van der Waals surface area contributed by atoms with Crippen LogP contribution in [-0.2, 0) is 28.8 Å². The molecule has 2 aromatic carbocycles. The first-order valence-corrected chi connectivity index (χ1v) is 25.3. The van der Waals surface area contributed by atoms with E-state index in [9.17, 15) is 90.0 Å². The molecular weight excluding hydrogens is 1840 g/mol. The third-order valence-corrected chi connectivity index (χ3v) is 6.92. The number of hydrogen-bond donors (Lipinski definition) is 6. The largest absolute Gasteiger partial charge is 3.00 e. The molecule has 6 N–H and O–H groups in total. The first kappa shape index (κ1) is 124. The van der Waals surface area contributed by atoms with Crippen molar-refractivity contribution in [3.63, 3.8) is 0 Å². The van der Waals surface area contributed by atoms with E-state index in [1.807, 2.05) is 0 Å². The SMILES string of the molecule is CC(=O)/C=C(/C)[O-].CC(=O)/C=C(/C)[O-].CC(=O)/C=C(/C)[O-].CC(=O)/C=C(/C)[O-].CC(=O)/C=C(/C)[O-].CC(=O)/C=C(/C)[O-].CO.CO.CO.CO.CO.CO.[Gd+3].[Gd+3].[Gd+3].[Gd+3].[O-]/C(=N\N=C\c1cccc([O-])c1[O-])c1ccccn1.[O-]/C(=N\N=C\c1cccc([O-])c1[O-])c1ccccn1. The number of aliphatic hydroxyl groups excluding tert-OH is 6. The van der Waals surface area contributed by atoms with Gasteiger partial charge in [-0.05, 0) is 113 Å². The summed E-state index contributed by atoms with van der Waals surface area (Å²) in [6, 6.07) is 17.7. The Morgan fingerprint density at radius 2 is 0.521 bits per heavy atom. The molecule has 2 heterocycles. The van der Waals surface area contributed by atoms with Crippen molar-refractivity contribution in [1.82, 2.24) is 9.97 Å². The molecule has 0 unspecified atom stereocenters. The first-order chi connectivity index (χ1) is 43.1. The fourth-order valence-corrected chi connectivity index (χ4v) is 4.35. The summed E-state index contributed by atoms with van der Waals surface area (Å²) in [5.74, 6) is -6.09. The van der Waals surface area contributed by atoms with Gasteiger partial charge in [0.15, 0.2) is 34.7 Å². The Bertz CT molecular complexity index is 2610. The summed E-state index contributed by atoms with van der Waals surface area (Å²) in [6.07, 6.45) is 11.4. The molecule has 4 aromatic rings. The van der Waals surface area contributed by atoms with Gasteiger partial charge >= 0.3 is 160 Å². The normalized spacial score (nSPS) is 10.1. The Kier molecular flexibility index (Phi) is 116. The van der Waals surface area contributed by atoms with Crippen molar-refractivity contribution < 1.29 is 280 Å². The van der Waals surface area contributed by atoms with Gasteiger partial charge in [-0.25, -0.2) is 0 Å². The molecule has 536 valence electrons. The summed E-state index contributed by atoms with van der Waals surface area (Å²) in [6.45, 7) is 16.2. The van der Waals surface area contributed by atoms with Crippen LogP contribution in [0, 0.1) is 160 Å². The Labute approximate surface area is 688 Å². The molecule has 0 bridgehead atoms. The van der Waals surface area contributed by atoms with Crippen LogP contribution in [0.4, 0.5) is 0 Å². The van der Waals surface area contributed by atoms with Gasteiger partial charge in [-0.3, -0.25) is 38.7 Å². The maximum Gasteiger partial charge on any atom is 3.00 e. The van der Waals surface area contributed by atoms with Crippen molar-refractivity contribution in [2.45, 2.75) is 83.1 Å². The summed E-state index contributed by atoms with van der Waals surface area (Å²) in [7, 11) is 6.00. The van der Waals surface area contributed by atoms with E-state index in [-0.39, 0.29) is 252 Å². The summed E-state index contributed by atoms with van der Waals surface area (Å²) < 4.78 is 0. The van der Waals surface area contributed by atoms with Crippen LogP contribution < -0.4 is 61.3 Å². The number of rotatable bonds is 12. The predicted molar refractivity (Wildman–Crippen MR) is 323 cm³/mol. The maximum atomic E-state index is 11.5. The van der Waals surface area contributed by atoms with Crippen molar-refractivity contribution in [2.24, 2.45) is 20.4 Å². The van der Waals surface area contributed by atoms with Crippen LogP contribution in [0.5, 0.6) is 23.0 Å². The van der Waals surface area contributed by atoms with E-state index in [1.54, 1.807) is 24.3 Å². The van der Waals surface area contributed by atoms with Crippen LogP contribution in [0.2, 0.25) is 0 Å². The summed E-state index contributed by atoms with van der Waals surface area (Å²) in [5.41, 5.74) is 0.481. The van der Waals surface area contributed by atoms with Crippen molar-refractivity contribution in [3.8, 4) is 23.0 Å². The van der Waals surface area contributed by atoms with Gasteiger partial charge in [-0.1, -0.05) is 90.1 Å². The minimum atomic E-state index is -0.674. The van der Waals surface area contributed by atoms with Crippen LogP contribution in [0.3, 0.4) is 0 Å². The second kappa shape index (κ2) is 89.5. The average molecular weight is 1920 g/mol. The molecule has 0 aliphatic heterocycles. The maximum absolute atomic E-state index is 11.5. The molecule has 4 rings (SSSR count). The number of benzene rings is 2. The zero-order valence-corrected chi connectivity index (χ0v) is 64.9. The fraction of sp³-hybridized carbons (Fsp3) is 0.290. The molecule has 96 heavy (non-hydrogen) atoms. The van der Waals surface area contributed by atoms with Crippen molar-refractivity contribution in [3.05, 3.63) is 179 Å². The van der Waals surface area contributed by atoms with Gasteiger partial charge in [0.05, 0.1) is 23.8 Å². The number of hydrogen-bond acceptors (Lipinski definition) is 30. The second-order valence-electron chi connectivity index (χ2n) is 15.3. The number of aromatic nitrogens is 2. The van der Waals surface area contributed by atoms with Crippen LogP contribution in [0.25, 0.3) is 0 Å². The number of nitrogens with zero attached hydrogens (tertiary/aromatic N) is 6. The summed E-state index contributed by atoms with van der Waals surface area (Å²) in [4.78, 5) is 67.5. The van der Waals surface area contributed by atoms with Gasteiger partial charge in [0.1, 0.15) is 0 Å². The monoisotopic (exact) mass is 1930 g/mol. The third-order valence-electron chi connectivity index (χ3n) is 6.92. The molecule has 0 amide bonds. The number of carbonyl (C=O) groups is 6. The zero-order chi connectivity index (χ0) is 74.5. The molecule has 0 aliphatic carbocycles. The van der Waals surface area contributed by atoms with Crippen molar-refractivity contribution >= 4 is 58.9 Å². The van der Waals surface area contributed by atoms with Gasteiger partial charge in [0.2, 0.25) is 0 Å². The van der Waals surface area contributed by atoms with E-state index in [1.165, 1.54) is 132 Å². The molecule has 34 heteroatoms. The molecular formula is C62H82Gd4N6O24. The Morgan fingerprint density at radius 3 is 0.667 bits per heavy atom. The fourth-order valence-electron chi connectivity index (χ4n) is 4.35. The number of pyridine rings is 2. The Balaban J connectivity index is -0.0000000675. The van der Waals surface area contributed by atoms with Crippen molar-refractivity contribution in [1.29, 1.82) is 0 Å². The number of ketones is 6. The number of allylic oxidation sites excluding steroid dienone is 12. The molecule has 2 aromatic heterocycles. The van der Waals surface area contributed by atoms with E-state index in [0.717, 1.165) is 104 Å². The molecule has 4 radical (unpaired) electrons. The zero-order valence-electron chi connectivity index (χ0n) is 55.8. The molecule has 30 nitrogen and oxygen atoms in total. The number of para-hydroxylation sites is 2. The molecule has 0 aliphatic rings. The Morgan fingerprint density at radius 1 is 0.323 bits per heavy atom. The minimum absolute atomic E-state index is 0. The van der Waals surface area contributed by atoms with E-state index in [4.69, 9.17) is 30.6 Å². The molecule has 0 fully saturated rings. The van der Waals surface area contributed by atoms with Crippen LogP contribution >= 0.6 is 0 Å². The standard InChI is InChI=1S/2C13H11N3O3.6C5H8O2.6CH4O.4Gd/c2*17-11-6-3-4-9(12(11)18)8-15-16-13(19)10-5-1-2-7-14-10;6*1-4(6)3-5(2)7;6*1-2;;;;/h2*1-8,17-18H,(H,16,19);6*3,6H,1-2H3;6*2H,1H3;;;;/q;;;;;;;;;;;;;;4*+3/p-12/b2*15-8+;6*4-3-;;;;;;;;;;. The summed E-state index contributed by atoms with van der Waals surface area (Å²) in [5, 5.41) is 184. The quantitative estimate of drug-likeness (QED) is 0.0256. The number of aliphatic hydroxyl groups is 6. The smallest absolute Gasteiger partial charge is 0.876 e. The van der Waals surface area contributed by atoms with Gasteiger partial charge in [0.25, 0.3) is 0 Å². The molecule has 0 saturated carbocycles. The van der Waals surface area contributed by atoms with E-state index in [0.29, 0.717) is 0 Å². The van der Waals surface area contributed by atoms with E-state index in [2.05, 4.69) is 30.4 Å². The van der Waals surface area contributed by atoms with Gasteiger partial charge in [-0.15, -0.1) is 57.6 Å². The average Bonchev–Trinajstić information content (AvgIpc) is 2.66. The van der Waals surface area contributed by atoms with Crippen LogP contribution in [0.1, 0.15) is 106 Å². The minimum Gasteiger partial charge on any atom is -0.876 e. The van der Waals surface area contributed by atoms with Crippen LogP contribution in [-0.4, -0.2) is 142 Å². The predicted octanol–water partition coefficient (Wildman–Crippen LogP) is -4.57. The van der Waals surface area contributed by atoms with Crippen LogP contribution in [0.15, 0.2) is 177 Å². The summed E-state index contributed by atoms with van der Waals surface area (Å²) >= 11 is 0.